The van der Waals surface area contributed by atoms with Gasteiger partial charge in [0, 0.05) is 35.9 Å². The van der Waals surface area contributed by atoms with Crippen molar-refractivity contribution in [3.63, 3.8) is 0 Å². The number of nitrogens with two attached hydrogens (primary N) is 1. The summed E-state index contributed by atoms with van der Waals surface area (Å²) in [4.78, 5) is 17.1. The van der Waals surface area contributed by atoms with Crippen LogP contribution < -0.4 is 11.1 Å². The van der Waals surface area contributed by atoms with E-state index in [0.717, 1.165) is 12.0 Å². The normalized spacial score (nSPS) is 23.4. The molecular weight excluding hydrogens is 433 g/mol. The Bertz CT molecular complexity index is 1450. The Labute approximate surface area is 195 Å². The van der Waals surface area contributed by atoms with E-state index in [0.29, 0.717) is 36.3 Å². The molecule has 4 aromatic rings. The van der Waals surface area contributed by atoms with Crippen molar-refractivity contribution < 1.29 is 14.3 Å². The minimum atomic E-state index is -0.792. The molecule has 2 aromatic carbocycles. The van der Waals surface area contributed by atoms with Crippen molar-refractivity contribution in [1.82, 2.24) is 14.8 Å². The lowest BCUT2D eigenvalue weighted by Gasteiger charge is -2.54. The van der Waals surface area contributed by atoms with E-state index in [1.807, 2.05) is 42.5 Å². The largest absolute Gasteiger partial charge is 0.390 e. The highest BCUT2D eigenvalue weighted by Gasteiger charge is 2.55. The number of nitrogens with one attached hydrogen (secondary N) is 1. The Morgan fingerprint density at radius 1 is 1.15 bits per heavy atom. The van der Waals surface area contributed by atoms with E-state index in [2.05, 4.69) is 10.3 Å². The Morgan fingerprint density at radius 2 is 1.88 bits per heavy atom. The standard InChI is InChI=1S/C26H24FN5O2/c1-25(34)13-26(14-25)11-12-29-24-19(23(28)33)22(31-32(24)26)17-9-7-16-8-10-18(30-21(16)20(17)27)15-5-3-2-4-6-15/h2-10,29,34H,11-14H2,1H3,(H2,28,33). The van der Waals surface area contributed by atoms with Gasteiger partial charge < -0.3 is 16.2 Å². The molecule has 172 valence electrons. The van der Waals surface area contributed by atoms with Crippen LogP contribution in [0.3, 0.4) is 0 Å². The number of nitrogens with zero attached hydrogens (tertiary/aromatic N) is 3. The predicted molar refractivity (Wildman–Crippen MR) is 128 cm³/mol. The van der Waals surface area contributed by atoms with Crippen molar-refractivity contribution in [3.8, 4) is 22.5 Å². The molecule has 1 spiro atoms. The number of aromatic nitrogens is 3. The molecule has 0 radical (unpaired) electrons. The van der Waals surface area contributed by atoms with E-state index >= 15 is 4.39 Å². The van der Waals surface area contributed by atoms with E-state index in [-0.39, 0.29) is 22.3 Å². The van der Waals surface area contributed by atoms with Crippen LogP contribution in [0.4, 0.5) is 10.2 Å². The molecule has 3 heterocycles. The molecule has 6 rings (SSSR count). The first-order valence-corrected chi connectivity index (χ1v) is 11.3. The molecule has 0 saturated heterocycles. The van der Waals surface area contributed by atoms with E-state index in [1.165, 1.54) is 0 Å². The summed E-state index contributed by atoms with van der Waals surface area (Å²) >= 11 is 0. The maximum absolute atomic E-state index is 15.9. The summed E-state index contributed by atoms with van der Waals surface area (Å²) in [5.41, 5.74) is 6.81. The first-order chi connectivity index (χ1) is 16.3. The zero-order valence-corrected chi connectivity index (χ0v) is 18.7. The lowest BCUT2D eigenvalue weighted by molar-refractivity contribution is -0.114. The summed E-state index contributed by atoms with van der Waals surface area (Å²) in [6.07, 6.45) is 1.77. The average molecular weight is 458 g/mol. The number of carbonyl (C=O) groups excluding carboxylic acids is 1. The molecule has 1 aliphatic carbocycles. The fraction of sp³-hybridized carbons (Fsp3) is 0.269. The summed E-state index contributed by atoms with van der Waals surface area (Å²) < 4.78 is 17.7. The third-order valence-corrected chi connectivity index (χ3v) is 7.01. The number of hydrogen-bond donors (Lipinski definition) is 3. The van der Waals surface area contributed by atoms with Gasteiger partial charge in [-0.2, -0.15) is 5.10 Å². The Morgan fingerprint density at radius 3 is 2.59 bits per heavy atom. The van der Waals surface area contributed by atoms with E-state index in [4.69, 9.17) is 10.8 Å². The van der Waals surface area contributed by atoms with Gasteiger partial charge in [-0.25, -0.2) is 14.1 Å². The first kappa shape index (κ1) is 20.8. The van der Waals surface area contributed by atoms with Gasteiger partial charge in [-0.3, -0.25) is 4.79 Å². The second-order valence-corrected chi connectivity index (χ2v) is 9.66. The molecule has 2 aliphatic rings. The lowest BCUT2D eigenvalue weighted by atomic mass is 9.63. The average Bonchev–Trinajstić information content (AvgIpc) is 3.20. The number of amides is 1. The lowest BCUT2D eigenvalue weighted by Crippen LogP contribution is -2.59. The van der Waals surface area contributed by atoms with Gasteiger partial charge in [0.25, 0.3) is 5.91 Å². The number of halogens is 1. The molecule has 0 bridgehead atoms. The molecule has 0 atom stereocenters. The summed E-state index contributed by atoms with van der Waals surface area (Å²) in [6.45, 7) is 2.40. The van der Waals surface area contributed by atoms with Crippen molar-refractivity contribution in [2.45, 2.75) is 37.3 Å². The monoisotopic (exact) mass is 457 g/mol. The van der Waals surface area contributed by atoms with Crippen LogP contribution in [-0.4, -0.2) is 37.9 Å². The van der Waals surface area contributed by atoms with Crippen molar-refractivity contribution in [1.29, 1.82) is 0 Å². The fourth-order valence-corrected chi connectivity index (χ4v) is 5.67. The fourth-order valence-electron chi connectivity index (χ4n) is 5.67. The molecule has 1 amide bonds. The van der Waals surface area contributed by atoms with Crippen LogP contribution in [0.1, 0.15) is 36.5 Å². The van der Waals surface area contributed by atoms with Crippen molar-refractivity contribution in [2.24, 2.45) is 5.73 Å². The second-order valence-electron chi connectivity index (χ2n) is 9.66. The zero-order chi connectivity index (χ0) is 23.7. The van der Waals surface area contributed by atoms with Gasteiger partial charge in [0.15, 0.2) is 5.82 Å². The molecule has 7 nitrogen and oxygen atoms in total. The van der Waals surface area contributed by atoms with Crippen LogP contribution in [0.5, 0.6) is 0 Å². The topological polar surface area (TPSA) is 106 Å². The minimum Gasteiger partial charge on any atom is -0.390 e. The summed E-state index contributed by atoms with van der Waals surface area (Å²) in [5, 5.41) is 19.0. The summed E-state index contributed by atoms with van der Waals surface area (Å²) in [5.74, 6) is -0.755. The van der Waals surface area contributed by atoms with Gasteiger partial charge in [0.1, 0.15) is 22.6 Å². The third kappa shape index (κ3) is 3.02. The highest BCUT2D eigenvalue weighted by Crippen LogP contribution is 2.52. The Kier molecular flexibility index (Phi) is 4.35. The van der Waals surface area contributed by atoms with Crippen LogP contribution in [-0.2, 0) is 5.54 Å². The maximum Gasteiger partial charge on any atom is 0.254 e. The molecule has 4 N–H and O–H groups in total. The summed E-state index contributed by atoms with van der Waals surface area (Å²) in [7, 11) is 0. The van der Waals surface area contributed by atoms with Gasteiger partial charge in [0.05, 0.1) is 16.8 Å². The summed E-state index contributed by atoms with van der Waals surface area (Å²) in [6, 6.07) is 16.6. The minimum absolute atomic E-state index is 0.156. The number of fused-ring (bicyclic) bond motifs is 3. The molecule has 8 heteroatoms. The van der Waals surface area contributed by atoms with Crippen LogP contribution in [0.15, 0.2) is 54.6 Å². The Hall–Kier alpha value is -3.78. The number of carbonyl (C=O) groups is 1. The number of hydrogen-bond acceptors (Lipinski definition) is 5. The zero-order valence-electron chi connectivity index (χ0n) is 18.7. The number of aliphatic hydroxyl groups is 1. The molecule has 1 saturated carbocycles. The highest BCUT2D eigenvalue weighted by molar-refractivity contribution is 6.04. The smallest absolute Gasteiger partial charge is 0.254 e. The maximum atomic E-state index is 15.9. The molecule has 34 heavy (non-hydrogen) atoms. The quantitative estimate of drug-likeness (QED) is 0.430. The number of benzene rings is 2. The molecule has 2 aromatic heterocycles. The van der Waals surface area contributed by atoms with Gasteiger partial charge in [-0.1, -0.05) is 42.5 Å². The van der Waals surface area contributed by atoms with Crippen LogP contribution in [0, 0.1) is 5.82 Å². The molecule has 1 fully saturated rings. The SMILES string of the molecule is CC1(O)CC2(CCNc3c(C(N)=O)c(-c4ccc5ccc(-c6ccccc6)nc5c4F)nn32)C1. The van der Waals surface area contributed by atoms with Gasteiger partial charge in [0.2, 0.25) is 0 Å². The van der Waals surface area contributed by atoms with Crippen molar-refractivity contribution in [3.05, 3.63) is 66.0 Å². The number of rotatable bonds is 3. The highest BCUT2D eigenvalue weighted by atomic mass is 19.1. The second kappa shape index (κ2) is 7.11. The number of anilines is 1. The number of primary amides is 1. The van der Waals surface area contributed by atoms with Crippen LogP contribution in [0.2, 0.25) is 0 Å². The third-order valence-electron chi connectivity index (χ3n) is 7.01. The van der Waals surface area contributed by atoms with E-state index in [9.17, 15) is 9.90 Å². The van der Waals surface area contributed by atoms with Gasteiger partial charge >= 0.3 is 0 Å². The van der Waals surface area contributed by atoms with E-state index in [1.54, 1.807) is 23.7 Å². The van der Waals surface area contributed by atoms with Gasteiger partial charge in [-0.05, 0) is 25.5 Å². The molecule has 0 unspecified atom stereocenters. The predicted octanol–water partition coefficient (Wildman–Crippen LogP) is 4.06. The molecule has 1 aliphatic heterocycles. The van der Waals surface area contributed by atoms with Gasteiger partial charge in [-0.15, -0.1) is 0 Å². The van der Waals surface area contributed by atoms with Crippen LogP contribution in [0.25, 0.3) is 33.4 Å². The Balaban J connectivity index is 1.53. The van der Waals surface area contributed by atoms with E-state index < -0.39 is 22.9 Å². The van der Waals surface area contributed by atoms with Crippen molar-refractivity contribution in [2.75, 3.05) is 11.9 Å². The molecular formula is C26H24FN5O2. The van der Waals surface area contributed by atoms with Crippen LogP contribution >= 0.6 is 0 Å². The first-order valence-electron chi connectivity index (χ1n) is 11.3. The number of pyridine rings is 1. The van der Waals surface area contributed by atoms with Crippen molar-refractivity contribution >= 4 is 22.6 Å².